The zero-order valence-corrected chi connectivity index (χ0v) is 12.7. The summed E-state index contributed by atoms with van der Waals surface area (Å²) in [4.78, 5) is 11.2. The molecule has 0 N–H and O–H groups in total. The van der Waals surface area contributed by atoms with E-state index < -0.39 is 0 Å². The maximum atomic E-state index is 5.72. The highest BCUT2D eigenvalue weighted by atomic mass is 16.5. The maximum Gasteiger partial charge on any atom is 0.126 e. The number of pyridine rings is 1. The SMILES string of the molecule is C[C@@H]1c2ncc(CCOCc3ccccn3)n2CCN1C. The third-order valence-electron chi connectivity index (χ3n) is 4.16. The standard InChI is InChI=1S/C16H22N4O/c1-13-16-18-11-15(20(16)9-8-19(13)2)6-10-21-12-14-5-3-4-7-17-14/h3-5,7,11,13H,6,8-10,12H2,1-2H3/t13-/m1/s1. The fraction of sp³-hybridized carbons (Fsp3) is 0.500. The smallest absolute Gasteiger partial charge is 0.126 e. The third kappa shape index (κ3) is 3.14. The second-order valence-electron chi connectivity index (χ2n) is 5.54. The van der Waals surface area contributed by atoms with Gasteiger partial charge in [-0.05, 0) is 26.1 Å². The Morgan fingerprint density at radius 1 is 1.29 bits per heavy atom. The molecule has 0 fully saturated rings. The monoisotopic (exact) mass is 286 g/mol. The molecule has 0 bridgehead atoms. The van der Waals surface area contributed by atoms with Gasteiger partial charge in [-0.2, -0.15) is 0 Å². The summed E-state index contributed by atoms with van der Waals surface area (Å²) in [6.45, 7) is 5.57. The predicted octanol–water partition coefficient (Wildman–Crippen LogP) is 2.04. The van der Waals surface area contributed by atoms with E-state index >= 15 is 0 Å². The van der Waals surface area contributed by atoms with Crippen LogP contribution in [-0.2, 0) is 24.3 Å². The molecule has 112 valence electrons. The van der Waals surface area contributed by atoms with Crippen LogP contribution in [0.3, 0.4) is 0 Å². The van der Waals surface area contributed by atoms with Gasteiger partial charge in [0.15, 0.2) is 0 Å². The van der Waals surface area contributed by atoms with Crippen molar-refractivity contribution in [3.8, 4) is 0 Å². The molecular weight excluding hydrogens is 264 g/mol. The Morgan fingerprint density at radius 2 is 2.19 bits per heavy atom. The molecule has 0 amide bonds. The molecule has 0 spiro atoms. The van der Waals surface area contributed by atoms with Crippen LogP contribution in [-0.4, -0.2) is 39.6 Å². The van der Waals surface area contributed by atoms with Crippen LogP contribution in [0.25, 0.3) is 0 Å². The molecule has 1 aliphatic heterocycles. The lowest BCUT2D eigenvalue weighted by molar-refractivity contribution is 0.119. The molecule has 3 rings (SSSR count). The Balaban J connectivity index is 1.54. The van der Waals surface area contributed by atoms with E-state index in [4.69, 9.17) is 4.74 Å². The van der Waals surface area contributed by atoms with E-state index in [9.17, 15) is 0 Å². The predicted molar refractivity (Wildman–Crippen MR) is 80.9 cm³/mol. The number of ether oxygens (including phenoxy) is 1. The Bertz CT molecular complexity index is 581. The van der Waals surface area contributed by atoms with Crippen LogP contribution in [0.15, 0.2) is 30.6 Å². The van der Waals surface area contributed by atoms with E-state index in [1.807, 2.05) is 24.4 Å². The van der Waals surface area contributed by atoms with E-state index in [1.54, 1.807) is 6.20 Å². The van der Waals surface area contributed by atoms with Crippen LogP contribution in [0.4, 0.5) is 0 Å². The molecule has 1 aliphatic rings. The Hall–Kier alpha value is -1.72. The highest BCUT2D eigenvalue weighted by molar-refractivity contribution is 5.11. The number of rotatable bonds is 5. The summed E-state index contributed by atoms with van der Waals surface area (Å²) in [5.74, 6) is 1.17. The molecule has 0 saturated heterocycles. The number of aromatic nitrogens is 3. The van der Waals surface area contributed by atoms with Crippen LogP contribution in [0, 0.1) is 0 Å². The van der Waals surface area contributed by atoms with Crippen molar-refractivity contribution in [2.75, 3.05) is 20.2 Å². The average molecular weight is 286 g/mol. The second kappa shape index (κ2) is 6.37. The molecular formula is C16H22N4O. The number of fused-ring (bicyclic) bond motifs is 1. The van der Waals surface area contributed by atoms with Gasteiger partial charge in [0, 0.05) is 37.6 Å². The van der Waals surface area contributed by atoms with Crippen LogP contribution in [0.5, 0.6) is 0 Å². The number of likely N-dealkylation sites (N-methyl/N-ethyl adjacent to an activating group) is 1. The van der Waals surface area contributed by atoms with E-state index in [1.165, 1.54) is 11.5 Å². The first kappa shape index (κ1) is 14.2. The molecule has 0 radical (unpaired) electrons. The number of hydrogen-bond donors (Lipinski definition) is 0. The molecule has 5 nitrogen and oxygen atoms in total. The largest absolute Gasteiger partial charge is 0.375 e. The summed E-state index contributed by atoms with van der Waals surface area (Å²) in [7, 11) is 2.15. The molecule has 5 heteroatoms. The molecule has 0 aromatic carbocycles. The molecule has 1 atom stereocenters. The van der Waals surface area contributed by atoms with Gasteiger partial charge in [0.05, 0.1) is 24.9 Å². The minimum Gasteiger partial charge on any atom is -0.375 e. The van der Waals surface area contributed by atoms with Gasteiger partial charge in [-0.1, -0.05) is 6.07 Å². The molecule has 2 aromatic heterocycles. The van der Waals surface area contributed by atoms with Crippen molar-refractivity contribution in [1.29, 1.82) is 0 Å². The summed E-state index contributed by atoms with van der Waals surface area (Å²) < 4.78 is 8.06. The minimum atomic E-state index is 0.391. The van der Waals surface area contributed by atoms with E-state index in [0.29, 0.717) is 19.3 Å². The van der Waals surface area contributed by atoms with Crippen LogP contribution in [0.2, 0.25) is 0 Å². The lowest BCUT2D eigenvalue weighted by Crippen LogP contribution is -2.34. The van der Waals surface area contributed by atoms with Gasteiger partial charge >= 0.3 is 0 Å². The van der Waals surface area contributed by atoms with Gasteiger partial charge < -0.3 is 9.30 Å². The van der Waals surface area contributed by atoms with Crippen molar-refractivity contribution in [2.45, 2.75) is 32.5 Å². The lowest BCUT2D eigenvalue weighted by Gasteiger charge is -2.31. The highest BCUT2D eigenvalue weighted by Gasteiger charge is 2.23. The first-order chi connectivity index (χ1) is 10.3. The van der Waals surface area contributed by atoms with Gasteiger partial charge in [0.2, 0.25) is 0 Å². The highest BCUT2D eigenvalue weighted by Crippen LogP contribution is 2.23. The Morgan fingerprint density at radius 3 is 3.00 bits per heavy atom. The fourth-order valence-corrected chi connectivity index (χ4v) is 2.70. The van der Waals surface area contributed by atoms with Gasteiger partial charge in [0.1, 0.15) is 5.82 Å². The quantitative estimate of drug-likeness (QED) is 0.789. The zero-order chi connectivity index (χ0) is 14.7. The summed E-state index contributed by atoms with van der Waals surface area (Å²) in [6.07, 6.45) is 4.69. The van der Waals surface area contributed by atoms with E-state index in [0.717, 1.165) is 25.2 Å². The Kier molecular flexibility index (Phi) is 4.31. The van der Waals surface area contributed by atoms with Crippen LogP contribution in [0.1, 0.15) is 30.2 Å². The second-order valence-corrected chi connectivity index (χ2v) is 5.54. The number of nitrogens with zero attached hydrogens (tertiary/aromatic N) is 4. The van der Waals surface area contributed by atoms with Gasteiger partial charge in [-0.15, -0.1) is 0 Å². The van der Waals surface area contributed by atoms with Crippen LogP contribution >= 0.6 is 0 Å². The van der Waals surface area contributed by atoms with Gasteiger partial charge in [-0.25, -0.2) is 4.98 Å². The number of imidazole rings is 1. The fourth-order valence-electron chi connectivity index (χ4n) is 2.70. The van der Waals surface area contributed by atoms with E-state index in [2.05, 4.69) is 33.4 Å². The molecule has 3 heterocycles. The summed E-state index contributed by atoms with van der Waals surface area (Å²) in [6, 6.07) is 6.27. The van der Waals surface area contributed by atoms with Crippen molar-refractivity contribution in [3.05, 3.63) is 47.8 Å². The summed E-state index contributed by atoms with van der Waals surface area (Å²) in [5, 5.41) is 0. The van der Waals surface area contributed by atoms with Crippen molar-refractivity contribution < 1.29 is 4.74 Å². The first-order valence-corrected chi connectivity index (χ1v) is 7.48. The van der Waals surface area contributed by atoms with Crippen molar-refractivity contribution in [1.82, 2.24) is 19.4 Å². The average Bonchev–Trinajstić information content (AvgIpc) is 2.92. The lowest BCUT2D eigenvalue weighted by atomic mass is 10.2. The topological polar surface area (TPSA) is 43.2 Å². The minimum absolute atomic E-state index is 0.391. The molecule has 0 unspecified atom stereocenters. The maximum absolute atomic E-state index is 5.72. The summed E-state index contributed by atoms with van der Waals surface area (Å²) >= 11 is 0. The van der Waals surface area contributed by atoms with Crippen molar-refractivity contribution >= 4 is 0 Å². The Labute approximate surface area is 125 Å². The molecule has 2 aromatic rings. The van der Waals surface area contributed by atoms with Crippen molar-refractivity contribution in [2.24, 2.45) is 0 Å². The zero-order valence-electron chi connectivity index (χ0n) is 12.7. The molecule has 0 saturated carbocycles. The summed E-state index contributed by atoms with van der Waals surface area (Å²) in [5.41, 5.74) is 2.24. The number of hydrogen-bond acceptors (Lipinski definition) is 4. The normalized spacial score (nSPS) is 18.7. The van der Waals surface area contributed by atoms with Gasteiger partial charge in [0.25, 0.3) is 0 Å². The molecule has 0 aliphatic carbocycles. The van der Waals surface area contributed by atoms with Crippen LogP contribution < -0.4 is 0 Å². The van der Waals surface area contributed by atoms with E-state index in [-0.39, 0.29) is 0 Å². The molecule has 21 heavy (non-hydrogen) atoms. The van der Waals surface area contributed by atoms with Gasteiger partial charge in [-0.3, -0.25) is 9.88 Å². The first-order valence-electron chi connectivity index (χ1n) is 7.48. The third-order valence-corrected chi connectivity index (χ3v) is 4.16. The van der Waals surface area contributed by atoms with Crippen molar-refractivity contribution in [3.63, 3.8) is 0 Å².